The molecule has 0 bridgehead atoms. The van der Waals surface area contributed by atoms with Crippen LogP contribution in [0.4, 0.5) is 5.69 Å². The Morgan fingerprint density at radius 3 is 2.89 bits per heavy atom. The average molecular weight is 261 g/mol. The molecule has 1 aromatic carbocycles. The molecule has 1 aliphatic rings. The van der Waals surface area contributed by atoms with Crippen LogP contribution < -0.4 is 16.0 Å². The Bertz CT molecular complexity index is 447. The van der Waals surface area contributed by atoms with Crippen molar-refractivity contribution in [3.8, 4) is 0 Å². The van der Waals surface area contributed by atoms with Crippen LogP contribution in [0.1, 0.15) is 19.4 Å². The molecule has 4 heteroatoms. The second-order valence-electron chi connectivity index (χ2n) is 5.30. The summed E-state index contributed by atoms with van der Waals surface area (Å²) >= 11 is 0. The van der Waals surface area contributed by atoms with E-state index in [0.717, 1.165) is 13.0 Å². The fourth-order valence-electron chi connectivity index (χ4n) is 2.46. The molecule has 1 amide bonds. The highest BCUT2D eigenvalue weighted by atomic mass is 16.1. The summed E-state index contributed by atoms with van der Waals surface area (Å²) in [7, 11) is 0. The highest BCUT2D eigenvalue weighted by molar-refractivity contribution is 5.78. The number of amides is 1. The van der Waals surface area contributed by atoms with Crippen molar-refractivity contribution >= 4 is 11.6 Å². The number of carbonyl (C=O) groups is 1. The van der Waals surface area contributed by atoms with Gasteiger partial charge in [-0.1, -0.05) is 25.1 Å². The highest BCUT2D eigenvalue weighted by Gasteiger charge is 2.23. The normalized spacial score (nSPS) is 16.9. The van der Waals surface area contributed by atoms with Crippen molar-refractivity contribution in [2.45, 2.75) is 26.3 Å². The fourth-order valence-corrected chi connectivity index (χ4v) is 2.46. The van der Waals surface area contributed by atoms with Gasteiger partial charge in [-0.15, -0.1) is 0 Å². The SMILES string of the molecule is CC(CN)C(=O)NCC(C)N1CCc2ccccc21. The van der Waals surface area contributed by atoms with Crippen LogP contribution in [-0.2, 0) is 11.2 Å². The summed E-state index contributed by atoms with van der Waals surface area (Å²) in [6.07, 6.45) is 1.09. The Kier molecular flexibility index (Phi) is 4.43. The summed E-state index contributed by atoms with van der Waals surface area (Å²) in [5, 5.41) is 2.98. The van der Waals surface area contributed by atoms with Gasteiger partial charge in [-0.05, 0) is 25.0 Å². The van der Waals surface area contributed by atoms with E-state index < -0.39 is 0 Å². The molecule has 4 nitrogen and oxygen atoms in total. The van der Waals surface area contributed by atoms with Crippen molar-refractivity contribution in [2.75, 3.05) is 24.5 Å². The molecule has 0 fully saturated rings. The van der Waals surface area contributed by atoms with Crippen molar-refractivity contribution in [3.05, 3.63) is 29.8 Å². The van der Waals surface area contributed by atoms with E-state index in [1.165, 1.54) is 11.3 Å². The second kappa shape index (κ2) is 6.06. The van der Waals surface area contributed by atoms with Gasteiger partial charge >= 0.3 is 0 Å². The number of rotatable bonds is 5. The van der Waals surface area contributed by atoms with E-state index >= 15 is 0 Å². The zero-order valence-corrected chi connectivity index (χ0v) is 11.7. The van der Waals surface area contributed by atoms with E-state index in [1.54, 1.807) is 0 Å². The van der Waals surface area contributed by atoms with Crippen LogP contribution in [0, 0.1) is 5.92 Å². The van der Waals surface area contributed by atoms with Crippen molar-refractivity contribution < 1.29 is 4.79 Å². The first-order valence-electron chi connectivity index (χ1n) is 6.95. The van der Waals surface area contributed by atoms with Crippen LogP contribution in [-0.4, -0.2) is 31.6 Å². The molecule has 104 valence electrons. The Morgan fingerprint density at radius 2 is 2.16 bits per heavy atom. The molecule has 0 saturated heterocycles. The second-order valence-corrected chi connectivity index (χ2v) is 5.30. The lowest BCUT2D eigenvalue weighted by molar-refractivity contribution is -0.124. The van der Waals surface area contributed by atoms with Gasteiger partial charge in [0.15, 0.2) is 0 Å². The van der Waals surface area contributed by atoms with E-state index in [4.69, 9.17) is 5.73 Å². The average Bonchev–Trinajstić information content (AvgIpc) is 2.87. The van der Waals surface area contributed by atoms with E-state index in [2.05, 4.69) is 41.4 Å². The molecule has 2 atom stereocenters. The van der Waals surface area contributed by atoms with Crippen LogP contribution in [0.2, 0.25) is 0 Å². The van der Waals surface area contributed by atoms with Crippen LogP contribution in [0.25, 0.3) is 0 Å². The number of nitrogens with zero attached hydrogens (tertiary/aromatic N) is 1. The first-order chi connectivity index (χ1) is 9.13. The number of para-hydroxylation sites is 1. The predicted octanol–water partition coefficient (Wildman–Crippen LogP) is 1.15. The van der Waals surface area contributed by atoms with E-state index in [0.29, 0.717) is 19.1 Å². The minimum atomic E-state index is -0.113. The van der Waals surface area contributed by atoms with Gasteiger partial charge in [0, 0.05) is 37.3 Å². The van der Waals surface area contributed by atoms with Crippen LogP contribution in [0.15, 0.2) is 24.3 Å². The standard InChI is InChI=1S/C15H23N3O/c1-11(9-16)15(19)17-10-12(2)18-8-7-13-5-3-4-6-14(13)18/h3-6,11-12H,7-10,16H2,1-2H3,(H,17,19). The van der Waals surface area contributed by atoms with E-state index in [9.17, 15) is 4.79 Å². The molecule has 1 aliphatic heterocycles. The van der Waals surface area contributed by atoms with E-state index in [1.807, 2.05) is 6.92 Å². The Balaban J connectivity index is 1.92. The molecular weight excluding hydrogens is 238 g/mol. The maximum absolute atomic E-state index is 11.7. The van der Waals surface area contributed by atoms with Crippen molar-refractivity contribution in [1.82, 2.24) is 5.32 Å². The number of anilines is 1. The molecule has 0 aliphatic carbocycles. The van der Waals surface area contributed by atoms with E-state index in [-0.39, 0.29) is 11.8 Å². The number of nitrogens with two attached hydrogens (primary N) is 1. The van der Waals surface area contributed by atoms with Gasteiger partial charge in [0.2, 0.25) is 5.91 Å². The maximum Gasteiger partial charge on any atom is 0.224 e. The number of carbonyl (C=O) groups excluding carboxylic acids is 1. The summed E-state index contributed by atoms with van der Waals surface area (Å²) in [5.41, 5.74) is 8.19. The van der Waals surface area contributed by atoms with Gasteiger partial charge in [-0.3, -0.25) is 4.79 Å². The zero-order chi connectivity index (χ0) is 13.8. The summed E-state index contributed by atoms with van der Waals surface area (Å²) in [4.78, 5) is 14.1. The molecule has 2 rings (SSSR count). The lowest BCUT2D eigenvalue weighted by Gasteiger charge is -2.28. The van der Waals surface area contributed by atoms with Crippen molar-refractivity contribution in [3.63, 3.8) is 0 Å². The number of fused-ring (bicyclic) bond motifs is 1. The molecule has 1 aromatic rings. The smallest absolute Gasteiger partial charge is 0.224 e. The number of hydrogen-bond donors (Lipinski definition) is 2. The predicted molar refractivity (Wildman–Crippen MR) is 78.2 cm³/mol. The third-order valence-electron chi connectivity index (χ3n) is 3.83. The summed E-state index contributed by atoms with van der Waals surface area (Å²) < 4.78 is 0. The lowest BCUT2D eigenvalue weighted by atomic mass is 10.1. The largest absolute Gasteiger partial charge is 0.366 e. The van der Waals surface area contributed by atoms with Gasteiger partial charge in [0.05, 0.1) is 0 Å². The summed E-state index contributed by atoms with van der Waals surface area (Å²) in [6, 6.07) is 8.79. The Labute approximate surface area is 115 Å². The lowest BCUT2D eigenvalue weighted by Crippen LogP contribution is -2.43. The Morgan fingerprint density at radius 1 is 1.42 bits per heavy atom. The molecule has 0 spiro atoms. The topological polar surface area (TPSA) is 58.4 Å². The van der Waals surface area contributed by atoms with Crippen molar-refractivity contribution in [1.29, 1.82) is 0 Å². The van der Waals surface area contributed by atoms with Gasteiger partial charge in [0.1, 0.15) is 0 Å². The molecule has 0 saturated carbocycles. The number of nitrogens with one attached hydrogen (secondary N) is 1. The zero-order valence-electron chi connectivity index (χ0n) is 11.7. The number of benzene rings is 1. The minimum Gasteiger partial charge on any atom is -0.366 e. The maximum atomic E-state index is 11.7. The van der Waals surface area contributed by atoms with Gasteiger partial charge in [-0.25, -0.2) is 0 Å². The monoisotopic (exact) mass is 261 g/mol. The first-order valence-corrected chi connectivity index (χ1v) is 6.95. The third kappa shape index (κ3) is 3.07. The quantitative estimate of drug-likeness (QED) is 0.836. The number of hydrogen-bond acceptors (Lipinski definition) is 3. The molecule has 0 radical (unpaired) electrons. The summed E-state index contributed by atoms with van der Waals surface area (Å²) in [5.74, 6) is -0.0695. The van der Waals surface area contributed by atoms with Crippen molar-refractivity contribution in [2.24, 2.45) is 11.7 Å². The van der Waals surface area contributed by atoms with Gasteiger partial charge < -0.3 is 16.0 Å². The molecule has 1 heterocycles. The summed E-state index contributed by atoms with van der Waals surface area (Å²) in [6.45, 7) is 6.09. The van der Waals surface area contributed by atoms with Gasteiger partial charge in [-0.2, -0.15) is 0 Å². The third-order valence-corrected chi connectivity index (χ3v) is 3.83. The van der Waals surface area contributed by atoms with Crippen LogP contribution in [0.3, 0.4) is 0 Å². The molecule has 3 N–H and O–H groups in total. The first kappa shape index (κ1) is 13.9. The molecule has 19 heavy (non-hydrogen) atoms. The minimum absolute atomic E-state index is 0.0434. The Hall–Kier alpha value is -1.55. The molecule has 2 unspecified atom stereocenters. The molecule has 0 aromatic heterocycles. The van der Waals surface area contributed by atoms with Gasteiger partial charge in [0.25, 0.3) is 0 Å². The van der Waals surface area contributed by atoms with Crippen LogP contribution in [0.5, 0.6) is 0 Å². The molecular formula is C15H23N3O. The fraction of sp³-hybridized carbons (Fsp3) is 0.533. The van der Waals surface area contributed by atoms with Crippen LogP contribution >= 0.6 is 0 Å². The highest BCUT2D eigenvalue weighted by Crippen LogP contribution is 2.28.